The third-order valence-electron chi connectivity index (χ3n) is 3.62. The van der Waals surface area contributed by atoms with E-state index in [4.69, 9.17) is 12.2 Å². The Morgan fingerprint density at radius 2 is 2.05 bits per heavy atom. The number of hydrogen-bond acceptors (Lipinski definition) is 2. The topological polar surface area (TPSA) is 20.7 Å². The van der Waals surface area contributed by atoms with E-state index >= 15 is 0 Å². The van der Waals surface area contributed by atoms with Gasteiger partial charge < -0.3 is 9.55 Å². The van der Waals surface area contributed by atoms with Crippen molar-refractivity contribution in [2.45, 2.75) is 26.8 Å². The second-order valence-electron chi connectivity index (χ2n) is 5.53. The van der Waals surface area contributed by atoms with Crippen LogP contribution in [0.4, 0.5) is 0 Å². The van der Waals surface area contributed by atoms with Gasteiger partial charge in [-0.15, -0.1) is 11.3 Å². The maximum absolute atomic E-state index is 5.58. The van der Waals surface area contributed by atoms with Gasteiger partial charge in [-0.3, -0.25) is 0 Å². The molecule has 0 aliphatic carbocycles. The van der Waals surface area contributed by atoms with Crippen LogP contribution in [0.1, 0.15) is 30.3 Å². The number of H-pyrrole nitrogens is 1. The van der Waals surface area contributed by atoms with Gasteiger partial charge in [0.05, 0.1) is 17.1 Å². The molecule has 2 nitrogen and oxygen atoms in total. The van der Waals surface area contributed by atoms with Gasteiger partial charge in [0.1, 0.15) is 0 Å². The second kappa shape index (κ2) is 5.19. The number of thiophene rings is 1. The molecule has 2 heterocycles. The Balaban J connectivity index is 2.26. The summed E-state index contributed by atoms with van der Waals surface area (Å²) >= 11 is 7.37. The number of aromatic nitrogens is 2. The molecule has 1 unspecified atom stereocenters. The predicted octanol–water partition coefficient (Wildman–Crippen LogP) is 5.31. The molecule has 1 aromatic carbocycles. The maximum atomic E-state index is 5.58. The van der Waals surface area contributed by atoms with Gasteiger partial charge in [0.2, 0.25) is 0 Å². The highest BCUT2D eigenvalue weighted by atomic mass is 32.1. The Kier molecular flexibility index (Phi) is 3.52. The maximum Gasteiger partial charge on any atom is 0.178 e. The highest BCUT2D eigenvalue weighted by Crippen LogP contribution is 2.33. The first-order chi connectivity index (χ1) is 9.58. The van der Waals surface area contributed by atoms with Crippen molar-refractivity contribution >= 4 is 34.6 Å². The Morgan fingerprint density at radius 1 is 1.25 bits per heavy atom. The van der Waals surface area contributed by atoms with E-state index in [1.54, 1.807) is 11.3 Å². The fourth-order valence-corrected chi connectivity index (χ4v) is 4.04. The van der Waals surface area contributed by atoms with Gasteiger partial charge in [0.25, 0.3) is 0 Å². The van der Waals surface area contributed by atoms with Crippen molar-refractivity contribution in [2.75, 3.05) is 0 Å². The molecule has 20 heavy (non-hydrogen) atoms. The SMILES string of the molecule is Cc1ccc2c(c1)[nH]c(=S)n2C(c1cccs1)C(C)C. The van der Waals surface area contributed by atoms with Crippen LogP contribution < -0.4 is 0 Å². The molecule has 0 fully saturated rings. The summed E-state index contributed by atoms with van der Waals surface area (Å²) in [4.78, 5) is 4.71. The van der Waals surface area contributed by atoms with E-state index in [-0.39, 0.29) is 0 Å². The van der Waals surface area contributed by atoms with Crippen LogP contribution in [0.5, 0.6) is 0 Å². The standard InChI is InChI=1S/C16H18N2S2/c1-10(2)15(14-5-4-8-20-14)18-13-7-6-11(3)9-12(13)17-16(18)19/h4-10,15H,1-3H3,(H,17,19). The monoisotopic (exact) mass is 302 g/mol. The second-order valence-corrected chi connectivity index (χ2v) is 6.89. The predicted molar refractivity (Wildman–Crippen MR) is 89.2 cm³/mol. The smallest absolute Gasteiger partial charge is 0.178 e. The lowest BCUT2D eigenvalue weighted by molar-refractivity contribution is 0.449. The third-order valence-corrected chi connectivity index (χ3v) is 4.86. The molecule has 3 rings (SSSR count). The summed E-state index contributed by atoms with van der Waals surface area (Å²) in [6.07, 6.45) is 0. The molecule has 0 aliphatic heterocycles. The average Bonchev–Trinajstić information content (AvgIpc) is 2.98. The van der Waals surface area contributed by atoms with Gasteiger partial charge in [0.15, 0.2) is 4.77 Å². The van der Waals surface area contributed by atoms with E-state index in [1.807, 2.05) is 0 Å². The molecule has 0 aliphatic rings. The summed E-state index contributed by atoms with van der Waals surface area (Å²) < 4.78 is 3.07. The van der Waals surface area contributed by atoms with Crippen LogP contribution in [-0.2, 0) is 0 Å². The van der Waals surface area contributed by atoms with Crippen molar-refractivity contribution in [3.63, 3.8) is 0 Å². The summed E-state index contributed by atoms with van der Waals surface area (Å²) in [7, 11) is 0. The lowest BCUT2D eigenvalue weighted by Crippen LogP contribution is -2.15. The summed E-state index contributed by atoms with van der Waals surface area (Å²) in [6.45, 7) is 6.60. The fourth-order valence-electron chi connectivity index (χ4n) is 2.73. The molecule has 4 heteroatoms. The zero-order valence-electron chi connectivity index (χ0n) is 11.9. The lowest BCUT2D eigenvalue weighted by atomic mass is 10.0. The Labute approximate surface area is 128 Å². The summed E-state index contributed by atoms with van der Waals surface area (Å²) in [5.41, 5.74) is 3.56. The Hall–Kier alpha value is -1.39. The number of aromatic amines is 1. The van der Waals surface area contributed by atoms with Gasteiger partial charge in [-0.05, 0) is 54.2 Å². The Bertz CT molecular complexity index is 779. The van der Waals surface area contributed by atoms with Crippen LogP contribution in [0.15, 0.2) is 35.7 Å². The summed E-state index contributed by atoms with van der Waals surface area (Å²) in [5, 5.41) is 2.13. The number of nitrogens with one attached hydrogen (secondary N) is 1. The Morgan fingerprint density at radius 3 is 2.70 bits per heavy atom. The zero-order chi connectivity index (χ0) is 14.3. The molecule has 0 saturated carbocycles. The molecule has 104 valence electrons. The van der Waals surface area contributed by atoms with E-state index in [0.717, 1.165) is 10.3 Å². The number of nitrogens with zero attached hydrogens (tertiary/aromatic N) is 1. The molecule has 0 bridgehead atoms. The van der Waals surface area contributed by atoms with Gasteiger partial charge in [0, 0.05) is 4.88 Å². The van der Waals surface area contributed by atoms with E-state index in [2.05, 4.69) is 66.0 Å². The van der Waals surface area contributed by atoms with Crippen molar-refractivity contribution < 1.29 is 0 Å². The molecule has 1 atom stereocenters. The normalized spacial score (nSPS) is 13.2. The van der Waals surface area contributed by atoms with Crippen molar-refractivity contribution in [2.24, 2.45) is 5.92 Å². The number of benzene rings is 1. The van der Waals surface area contributed by atoms with Crippen LogP contribution in [0.25, 0.3) is 11.0 Å². The van der Waals surface area contributed by atoms with Gasteiger partial charge in [-0.2, -0.15) is 0 Å². The number of fused-ring (bicyclic) bond motifs is 1. The highest BCUT2D eigenvalue weighted by Gasteiger charge is 2.21. The molecule has 0 saturated heterocycles. The van der Waals surface area contributed by atoms with Crippen LogP contribution in [0, 0.1) is 17.6 Å². The number of hydrogen-bond donors (Lipinski definition) is 1. The zero-order valence-corrected chi connectivity index (χ0v) is 13.5. The van der Waals surface area contributed by atoms with Crippen LogP contribution in [-0.4, -0.2) is 9.55 Å². The van der Waals surface area contributed by atoms with Crippen molar-refractivity contribution in [3.05, 3.63) is 50.9 Å². The minimum Gasteiger partial charge on any atom is -0.331 e. The fraction of sp³-hybridized carbons (Fsp3) is 0.312. The molecule has 0 amide bonds. The van der Waals surface area contributed by atoms with Crippen LogP contribution in [0.2, 0.25) is 0 Å². The van der Waals surface area contributed by atoms with Gasteiger partial charge in [-0.25, -0.2) is 0 Å². The van der Waals surface area contributed by atoms with Crippen molar-refractivity contribution in [1.82, 2.24) is 9.55 Å². The number of imidazole rings is 1. The highest BCUT2D eigenvalue weighted by molar-refractivity contribution is 7.71. The van der Waals surface area contributed by atoms with Gasteiger partial charge in [-0.1, -0.05) is 26.0 Å². The van der Waals surface area contributed by atoms with E-state index in [1.165, 1.54) is 16.0 Å². The van der Waals surface area contributed by atoms with Gasteiger partial charge >= 0.3 is 0 Å². The third kappa shape index (κ3) is 2.23. The largest absolute Gasteiger partial charge is 0.331 e. The van der Waals surface area contributed by atoms with Crippen molar-refractivity contribution in [1.29, 1.82) is 0 Å². The van der Waals surface area contributed by atoms with E-state index in [0.29, 0.717) is 12.0 Å². The van der Waals surface area contributed by atoms with E-state index < -0.39 is 0 Å². The molecular formula is C16H18N2S2. The van der Waals surface area contributed by atoms with Crippen LogP contribution in [0.3, 0.4) is 0 Å². The number of rotatable bonds is 3. The minimum absolute atomic E-state index is 0.291. The molecule has 2 aromatic heterocycles. The van der Waals surface area contributed by atoms with E-state index in [9.17, 15) is 0 Å². The summed E-state index contributed by atoms with van der Waals surface area (Å²) in [5.74, 6) is 0.487. The lowest BCUT2D eigenvalue weighted by Gasteiger charge is -2.22. The molecular weight excluding hydrogens is 284 g/mol. The van der Waals surface area contributed by atoms with Crippen LogP contribution >= 0.6 is 23.6 Å². The first-order valence-electron chi connectivity index (χ1n) is 6.82. The first-order valence-corrected chi connectivity index (χ1v) is 8.11. The summed E-state index contributed by atoms with van der Waals surface area (Å²) in [6, 6.07) is 11.1. The molecule has 3 aromatic rings. The minimum atomic E-state index is 0.291. The molecule has 0 spiro atoms. The average molecular weight is 302 g/mol. The first kappa shape index (κ1) is 13.6. The van der Waals surface area contributed by atoms with Crippen molar-refractivity contribution in [3.8, 4) is 0 Å². The molecule has 0 radical (unpaired) electrons. The number of aryl methyl sites for hydroxylation is 1. The quantitative estimate of drug-likeness (QED) is 0.650. The molecule has 1 N–H and O–H groups in total.